The quantitative estimate of drug-likeness (QED) is 0.298. The highest BCUT2D eigenvalue weighted by Crippen LogP contribution is 2.70. The van der Waals surface area contributed by atoms with Crippen molar-refractivity contribution in [1.82, 2.24) is 10.6 Å². The molecule has 208 valence electrons. The Hall–Kier alpha value is -1.68. The SMILES string of the molecule is CNCC(=O)NCOCC(=O)[C@@]1(O)[C@H](C)C[C@@H]2[C@H]1CCC[C@H](O)[C@]1(F)[C@@]3(C)C=CC(=O)CC3CC[C@@]21C. The number of rotatable bonds is 7. The maximum atomic E-state index is 17.8. The number of aliphatic hydroxyl groups excluding tert-OH is 1. The van der Waals surface area contributed by atoms with Crippen LogP contribution in [0.3, 0.4) is 0 Å². The smallest absolute Gasteiger partial charge is 0.235 e. The van der Waals surface area contributed by atoms with Crippen LogP contribution in [0.1, 0.15) is 65.7 Å². The summed E-state index contributed by atoms with van der Waals surface area (Å²) in [4.78, 5) is 37.3. The van der Waals surface area contributed by atoms with Crippen LogP contribution in [0.25, 0.3) is 0 Å². The molecule has 0 aliphatic heterocycles. The monoisotopic (exact) mass is 522 g/mol. The lowest BCUT2D eigenvalue weighted by Crippen LogP contribution is -2.69. The lowest BCUT2D eigenvalue weighted by molar-refractivity contribution is -0.233. The van der Waals surface area contributed by atoms with Crippen molar-refractivity contribution in [1.29, 1.82) is 0 Å². The van der Waals surface area contributed by atoms with Gasteiger partial charge in [0.1, 0.15) is 18.9 Å². The number of nitrogens with one attached hydrogen (secondary N) is 2. The second-order valence-corrected chi connectivity index (χ2v) is 12.3. The number of halogens is 1. The van der Waals surface area contributed by atoms with Crippen molar-refractivity contribution in [2.45, 2.75) is 83.1 Å². The Labute approximate surface area is 218 Å². The lowest BCUT2D eigenvalue weighted by atomic mass is 9.42. The fourth-order valence-electron chi connectivity index (χ4n) is 8.56. The van der Waals surface area contributed by atoms with Crippen molar-refractivity contribution in [3.8, 4) is 0 Å². The second-order valence-electron chi connectivity index (χ2n) is 12.3. The molecule has 0 spiro atoms. The highest BCUT2D eigenvalue weighted by atomic mass is 19.1. The number of Topliss-reactive ketones (excluding diaryl/α,β-unsaturated/α-hetero) is 1. The third-order valence-corrected chi connectivity index (χ3v) is 10.6. The molecule has 3 saturated carbocycles. The van der Waals surface area contributed by atoms with Crippen LogP contribution in [0.5, 0.6) is 0 Å². The Bertz CT molecular complexity index is 959. The molecule has 4 rings (SSSR count). The number of hydrogen-bond donors (Lipinski definition) is 4. The van der Waals surface area contributed by atoms with Crippen LogP contribution in [-0.4, -0.2) is 72.0 Å². The van der Waals surface area contributed by atoms with E-state index in [0.29, 0.717) is 32.1 Å². The Kier molecular flexibility index (Phi) is 7.76. The summed E-state index contributed by atoms with van der Waals surface area (Å²) in [6, 6.07) is 0. The van der Waals surface area contributed by atoms with Crippen LogP contribution in [0.15, 0.2) is 12.2 Å². The van der Waals surface area contributed by atoms with Gasteiger partial charge in [-0.15, -0.1) is 0 Å². The van der Waals surface area contributed by atoms with Crippen LogP contribution >= 0.6 is 0 Å². The van der Waals surface area contributed by atoms with Gasteiger partial charge in [0.25, 0.3) is 0 Å². The van der Waals surface area contributed by atoms with E-state index >= 15 is 4.39 Å². The zero-order valence-electron chi connectivity index (χ0n) is 22.5. The van der Waals surface area contributed by atoms with E-state index < -0.39 is 45.8 Å². The number of allylic oxidation sites excluding steroid dienone is 2. The van der Waals surface area contributed by atoms with Gasteiger partial charge in [-0.1, -0.05) is 33.3 Å². The van der Waals surface area contributed by atoms with Gasteiger partial charge in [0.15, 0.2) is 17.2 Å². The van der Waals surface area contributed by atoms with Crippen LogP contribution in [0, 0.1) is 34.5 Å². The number of likely N-dealkylation sites (N-methyl/N-ethyl adjacent to an activating group) is 1. The summed E-state index contributed by atoms with van der Waals surface area (Å²) < 4.78 is 23.3. The van der Waals surface area contributed by atoms with Gasteiger partial charge in [0, 0.05) is 17.3 Å². The van der Waals surface area contributed by atoms with Gasteiger partial charge in [-0.25, -0.2) is 4.39 Å². The number of fused-ring (bicyclic) bond motifs is 5. The summed E-state index contributed by atoms with van der Waals surface area (Å²) in [6.07, 6.45) is 5.04. The Morgan fingerprint density at radius 1 is 1.22 bits per heavy atom. The highest BCUT2D eigenvalue weighted by Gasteiger charge is 2.73. The third kappa shape index (κ3) is 4.21. The van der Waals surface area contributed by atoms with Gasteiger partial charge in [0.2, 0.25) is 5.91 Å². The van der Waals surface area contributed by atoms with Crippen molar-refractivity contribution in [3.05, 3.63) is 12.2 Å². The van der Waals surface area contributed by atoms with Crippen molar-refractivity contribution in [2.24, 2.45) is 34.5 Å². The largest absolute Gasteiger partial charge is 0.390 e. The average Bonchev–Trinajstić information content (AvgIpc) is 3.11. The molecule has 8 nitrogen and oxygen atoms in total. The summed E-state index contributed by atoms with van der Waals surface area (Å²) in [7, 11) is 1.65. The molecular weight excluding hydrogens is 479 g/mol. The molecule has 1 amide bonds. The number of carbonyl (C=O) groups is 3. The number of carbonyl (C=O) groups excluding carboxylic acids is 3. The maximum Gasteiger partial charge on any atom is 0.235 e. The molecule has 9 atom stereocenters. The molecular formula is C28H43FN2O6. The van der Waals surface area contributed by atoms with Gasteiger partial charge in [-0.2, -0.15) is 0 Å². The summed E-state index contributed by atoms with van der Waals surface area (Å²) in [5.74, 6) is -2.13. The minimum Gasteiger partial charge on any atom is -0.390 e. The van der Waals surface area contributed by atoms with Crippen molar-refractivity contribution < 1.29 is 33.7 Å². The Morgan fingerprint density at radius 2 is 1.95 bits per heavy atom. The Balaban J connectivity index is 1.62. The minimum atomic E-state index is -2.01. The molecule has 0 bridgehead atoms. The van der Waals surface area contributed by atoms with Crippen molar-refractivity contribution in [2.75, 3.05) is 26.9 Å². The van der Waals surface area contributed by atoms with Crippen molar-refractivity contribution in [3.63, 3.8) is 0 Å². The molecule has 4 aliphatic carbocycles. The Morgan fingerprint density at radius 3 is 2.65 bits per heavy atom. The fourth-order valence-corrected chi connectivity index (χ4v) is 8.56. The number of amides is 1. The standard InChI is InChI=1S/C28H43FN2O6/c1-17-12-21-20(27(17,36)23(34)15-37-16-31-24(35)14-30-4)6-5-7-22(33)28(29)25(2)11-9-19(32)13-18(25)8-10-26(21,28)3/h9,11,17-18,20-22,30,33,36H,5-8,10,12-16H2,1-4H3,(H,31,35)/t17-,18?,20-,21-,22+,25+,26+,27-,28+/m1/s1. The van der Waals surface area contributed by atoms with E-state index in [1.165, 1.54) is 6.08 Å². The first kappa shape index (κ1) is 28.3. The zero-order valence-corrected chi connectivity index (χ0v) is 22.5. The van der Waals surface area contributed by atoms with E-state index in [-0.39, 0.29) is 56.3 Å². The van der Waals surface area contributed by atoms with E-state index in [2.05, 4.69) is 10.6 Å². The summed E-state index contributed by atoms with van der Waals surface area (Å²) in [5, 5.41) is 28.6. The number of alkyl halides is 1. The second kappa shape index (κ2) is 10.1. The van der Waals surface area contributed by atoms with Gasteiger partial charge >= 0.3 is 0 Å². The molecule has 37 heavy (non-hydrogen) atoms. The first-order valence-corrected chi connectivity index (χ1v) is 13.7. The number of aliphatic hydroxyl groups is 2. The van der Waals surface area contributed by atoms with Crippen LogP contribution in [0.4, 0.5) is 4.39 Å². The van der Waals surface area contributed by atoms with Crippen molar-refractivity contribution >= 4 is 17.5 Å². The molecule has 0 aromatic carbocycles. The van der Waals surface area contributed by atoms with E-state index in [9.17, 15) is 24.6 Å². The number of hydrogen-bond acceptors (Lipinski definition) is 7. The molecule has 0 radical (unpaired) electrons. The first-order chi connectivity index (χ1) is 17.4. The summed E-state index contributed by atoms with van der Waals surface area (Å²) in [5.41, 5.74) is -5.69. The van der Waals surface area contributed by atoms with E-state index in [0.717, 1.165) is 0 Å². The van der Waals surface area contributed by atoms with Crippen LogP contribution < -0.4 is 10.6 Å². The van der Waals surface area contributed by atoms with Gasteiger partial charge in [0.05, 0.1) is 12.6 Å². The van der Waals surface area contributed by atoms with Gasteiger partial charge in [-0.3, -0.25) is 14.4 Å². The molecule has 0 saturated heterocycles. The predicted octanol–water partition coefficient (Wildman–Crippen LogP) is 2.07. The van der Waals surface area contributed by atoms with Crippen LogP contribution in [0.2, 0.25) is 0 Å². The fraction of sp³-hybridized carbons (Fsp3) is 0.821. The van der Waals surface area contributed by atoms with Gasteiger partial charge in [-0.05, 0) is 68.9 Å². The molecule has 1 unspecified atom stereocenters. The maximum absolute atomic E-state index is 17.8. The predicted molar refractivity (Wildman–Crippen MR) is 135 cm³/mol. The van der Waals surface area contributed by atoms with E-state index in [1.807, 2.05) is 20.8 Å². The highest BCUT2D eigenvalue weighted by molar-refractivity contribution is 5.91. The normalized spacial score (nSPS) is 45.3. The third-order valence-electron chi connectivity index (χ3n) is 10.6. The molecule has 9 heteroatoms. The number of ether oxygens (including phenoxy) is 1. The van der Waals surface area contributed by atoms with Crippen LogP contribution in [-0.2, 0) is 19.1 Å². The van der Waals surface area contributed by atoms with E-state index in [1.54, 1.807) is 13.1 Å². The molecule has 4 N–H and O–H groups in total. The molecule has 4 aliphatic rings. The average molecular weight is 523 g/mol. The van der Waals surface area contributed by atoms with Gasteiger partial charge < -0.3 is 25.6 Å². The first-order valence-electron chi connectivity index (χ1n) is 13.7. The molecule has 0 heterocycles. The van der Waals surface area contributed by atoms with E-state index in [4.69, 9.17) is 4.74 Å². The molecule has 3 fully saturated rings. The lowest BCUT2D eigenvalue weighted by Gasteiger charge is -2.64. The molecule has 0 aromatic rings. The zero-order chi connectivity index (χ0) is 27.2. The topological polar surface area (TPSA) is 125 Å². The minimum absolute atomic E-state index is 0.00973. The summed E-state index contributed by atoms with van der Waals surface area (Å²) in [6.45, 7) is 5.19. The summed E-state index contributed by atoms with van der Waals surface area (Å²) >= 11 is 0. The number of ketones is 2. The molecule has 0 aromatic heterocycles.